The van der Waals surface area contributed by atoms with Gasteiger partial charge in [0.1, 0.15) is 0 Å². The molecule has 2 aromatic rings. The lowest BCUT2D eigenvalue weighted by molar-refractivity contribution is 0.277. The molecule has 0 aromatic heterocycles. The van der Waals surface area contributed by atoms with Gasteiger partial charge in [0.25, 0.3) is 0 Å². The second kappa shape index (κ2) is 8.24. The molecule has 0 N–H and O–H groups in total. The summed E-state index contributed by atoms with van der Waals surface area (Å²) in [5.74, 6) is 0. The third-order valence-corrected chi connectivity index (χ3v) is 7.41. The Balaban J connectivity index is 1.74. The molecule has 5 heteroatoms. The van der Waals surface area contributed by atoms with Crippen LogP contribution in [0.3, 0.4) is 0 Å². The molecular formula is C22H26N2O2S. The Bertz CT molecular complexity index is 892. The van der Waals surface area contributed by atoms with Gasteiger partial charge in [-0.3, -0.25) is 0 Å². The number of rotatable bonds is 6. The summed E-state index contributed by atoms with van der Waals surface area (Å²) in [6.07, 6.45) is 4.23. The van der Waals surface area contributed by atoms with Gasteiger partial charge in [-0.2, -0.15) is 9.57 Å². The molecule has 1 aliphatic heterocycles. The highest BCUT2D eigenvalue weighted by atomic mass is 32.2. The Morgan fingerprint density at radius 3 is 2.22 bits per heavy atom. The summed E-state index contributed by atoms with van der Waals surface area (Å²) in [6.45, 7) is 2.87. The van der Waals surface area contributed by atoms with Crippen molar-refractivity contribution in [2.24, 2.45) is 0 Å². The molecule has 0 spiro atoms. The number of aryl methyl sites for hydroxylation is 1. The Kier molecular flexibility index (Phi) is 5.98. The van der Waals surface area contributed by atoms with Crippen LogP contribution in [0.25, 0.3) is 0 Å². The third kappa shape index (κ3) is 4.07. The summed E-state index contributed by atoms with van der Waals surface area (Å²) in [5, 5.41) is 9.78. The summed E-state index contributed by atoms with van der Waals surface area (Å²) >= 11 is 0. The lowest BCUT2D eigenvalue weighted by atomic mass is 9.74. The van der Waals surface area contributed by atoms with E-state index in [1.165, 1.54) is 9.87 Å². The van der Waals surface area contributed by atoms with Gasteiger partial charge in [-0.25, -0.2) is 8.42 Å². The van der Waals surface area contributed by atoms with Gasteiger partial charge in [-0.05, 0) is 48.9 Å². The van der Waals surface area contributed by atoms with Crippen LogP contribution in [0.15, 0.2) is 59.5 Å². The second-order valence-corrected chi connectivity index (χ2v) is 9.15. The normalized spacial score (nSPS) is 17.3. The first-order chi connectivity index (χ1) is 13.0. The van der Waals surface area contributed by atoms with Crippen LogP contribution >= 0.6 is 0 Å². The van der Waals surface area contributed by atoms with Crippen LogP contribution in [0, 0.1) is 11.3 Å². The number of hydrogen-bond acceptors (Lipinski definition) is 3. The van der Waals surface area contributed by atoms with E-state index in [-0.39, 0.29) is 0 Å². The zero-order valence-electron chi connectivity index (χ0n) is 15.8. The predicted molar refractivity (Wildman–Crippen MR) is 107 cm³/mol. The zero-order valence-corrected chi connectivity index (χ0v) is 16.6. The van der Waals surface area contributed by atoms with Crippen LogP contribution in [-0.2, 0) is 21.9 Å². The number of piperidine rings is 1. The van der Waals surface area contributed by atoms with Gasteiger partial charge < -0.3 is 0 Å². The molecule has 1 heterocycles. The minimum Gasteiger partial charge on any atom is -0.207 e. The van der Waals surface area contributed by atoms with Crippen molar-refractivity contribution in [2.75, 3.05) is 13.1 Å². The van der Waals surface area contributed by atoms with Gasteiger partial charge in [-0.15, -0.1) is 0 Å². The van der Waals surface area contributed by atoms with Crippen molar-refractivity contribution in [3.63, 3.8) is 0 Å². The quantitative estimate of drug-likeness (QED) is 0.749. The topological polar surface area (TPSA) is 61.2 Å². The van der Waals surface area contributed by atoms with E-state index in [1.807, 2.05) is 42.5 Å². The molecule has 0 aliphatic carbocycles. The summed E-state index contributed by atoms with van der Waals surface area (Å²) < 4.78 is 27.5. The molecule has 27 heavy (non-hydrogen) atoms. The van der Waals surface area contributed by atoms with E-state index in [4.69, 9.17) is 0 Å². The SMILES string of the molecule is CCCCc1ccc(S(=O)(=O)N2CCC(C#N)(c3ccccc3)CC2)cc1. The minimum absolute atomic E-state index is 0.340. The highest BCUT2D eigenvalue weighted by molar-refractivity contribution is 7.89. The first kappa shape index (κ1) is 19.6. The lowest BCUT2D eigenvalue weighted by Gasteiger charge is -2.37. The second-order valence-electron chi connectivity index (χ2n) is 7.21. The first-order valence-corrected chi connectivity index (χ1v) is 11.0. The molecule has 0 amide bonds. The van der Waals surface area contributed by atoms with Crippen LogP contribution in [0.4, 0.5) is 0 Å². The average Bonchev–Trinajstić information content (AvgIpc) is 2.73. The highest BCUT2D eigenvalue weighted by Crippen LogP contribution is 2.36. The number of unbranched alkanes of at least 4 members (excludes halogenated alkanes) is 1. The van der Waals surface area contributed by atoms with Gasteiger partial charge in [0.05, 0.1) is 16.4 Å². The van der Waals surface area contributed by atoms with E-state index in [0.717, 1.165) is 24.8 Å². The monoisotopic (exact) mass is 382 g/mol. The molecule has 0 radical (unpaired) electrons. The standard InChI is InChI=1S/C22H26N2O2S/c1-2-3-7-19-10-12-21(13-11-19)27(25,26)24-16-14-22(18-23,15-17-24)20-8-5-4-6-9-20/h4-6,8-13H,2-3,7,14-17H2,1H3. The van der Waals surface area contributed by atoms with Gasteiger partial charge in [0.15, 0.2) is 0 Å². The number of nitrogens with zero attached hydrogens (tertiary/aromatic N) is 2. The van der Waals surface area contributed by atoms with Crippen molar-refractivity contribution >= 4 is 10.0 Å². The minimum atomic E-state index is -3.52. The van der Waals surface area contributed by atoms with E-state index in [0.29, 0.717) is 30.8 Å². The fourth-order valence-corrected chi connectivity index (χ4v) is 5.13. The van der Waals surface area contributed by atoms with E-state index < -0.39 is 15.4 Å². The Hall–Kier alpha value is -2.16. The van der Waals surface area contributed by atoms with Gasteiger partial charge in [0, 0.05) is 13.1 Å². The van der Waals surface area contributed by atoms with E-state index in [9.17, 15) is 13.7 Å². The van der Waals surface area contributed by atoms with Crippen molar-refractivity contribution in [2.45, 2.75) is 49.3 Å². The van der Waals surface area contributed by atoms with Crippen LogP contribution in [-0.4, -0.2) is 25.8 Å². The lowest BCUT2D eigenvalue weighted by Crippen LogP contribution is -2.44. The molecular weight excluding hydrogens is 356 g/mol. The summed E-state index contributed by atoms with van der Waals surface area (Å²) in [5.41, 5.74) is 1.55. The number of hydrogen-bond donors (Lipinski definition) is 0. The Morgan fingerprint density at radius 2 is 1.67 bits per heavy atom. The van der Waals surface area contributed by atoms with Crippen LogP contribution in [0.1, 0.15) is 43.7 Å². The van der Waals surface area contributed by atoms with Crippen molar-refractivity contribution in [1.82, 2.24) is 4.31 Å². The molecule has 0 unspecified atom stereocenters. The van der Waals surface area contributed by atoms with Crippen LogP contribution in [0.5, 0.6) is 0 Å². The number of sulfonamides is 1. The highest BCUT2D eigenvalue weighted by Gasteiger charge is 2.39. The van der Waals surface area contributed by atoms with Gasteiger partial charge in [0.2, 0.25) is 10.0 Å². The molecule has 1 saturated heterocycles. The molecule has 1 aliphatic rings. The van der Waals surface area contributed by atoms with Gasteiger partial charge >= 0.3 is 0 Å². The average molecular weight is 383 g/mol. The molecule has 0 bridgehead atoms. The van der Waals surface area contributed by atoms with Gasteiger partial charge in [-0.1, -0.05) is 55.8 Å². The van der Waals surface area contributed by atoms with Crippen LogP contribution < -0.4 is 0 Å². The zero-order chi connectivity index (χ0) is 19.3. The number of nitriles is 1. The smallest absolute Gasteiger partial charge is 0.207 e. The summed E-state index contributed by atoms with van der Waals surface area (Å²) in [6, 6.07) is 19.4. The Labute approximate surface area is 162 Å². The summed E-state index contributed by atoms with van der Waals surface area (Å²) in [4.78, 5) is 0.340. The molecule has 3 rings (SSSR count). The largest absolute Gasteiger partial charge is 0.243 e. The fourth-order valence-electron chi connectivity index (χ4n) is 3.69. The Morgan fingerprint density at radius 1 is 1.04 bits per heavy atom. The predicted octanol–water partition coefficient (Wildman–Crippen LogP) is 4.28. The fraction of sp³-hybridized carbons (Fsp3) is 0.409. The molecule has 1 fully saturated rings. The summed E-state index contributed by atoms with van der Waals surface area (Å²) in [7, 11) is -3.52. The van der Waals surface area contributed by atoms with E-state index in [2.05, 4.69) is 13.0 Å². The first-order valence-electron chi connectivity index (χ1n) is 9.58. The van der Waals surface area contributed by atoms with Crippen molar-refractivity contribution in [1.29, 1.82) is 5.26 Å². The van der Waals surface area contributed by atoms with E-state index in [1.54, 1.807) is 12.1 Å². The molecule has 2 aromatic carbocycles. The third-order valence-electron chi connectivity index (χ3n) is 5.50. The maximum Gasteiger partial charge on any atom is 0.243 e. The van der Waals surface area contributed by atoms with Crippen molar-refractivity contribution in [3.8, 4) is 6.07 Å². The molecule has 4 nitrogen and oxygen atoms in total. The molecule has 0 saturated carbocycles. The number of benzene rings is 2. The van der Waals surface area contributed by atoms with E-state index >= 15 is 0 Å². The molecule has 0 atom stereocenters. The maximum atomic E-state index is 13.0. The van der Waals surface area contributed by atoms with Crippen molar-refractivity contribution in [3.05, 3.63) is 65.7 Å². The maximum absolute atomic E-state index is 13.0. The van der Waals surface area contributed by atoms with Crippen LogP contribution in [0.2, 0.25) is 0 Å². The van der Waals surface area contributed by atoms with Crippen molar-refractivity contribution < 1.29 is 8.42 Å². The molecule has 142 valence electrons.